The zero-order valence-corrected chi connectivity index (χ0v) is 11.4. The Labute approximate surface area is 116 Å². The van der Waals surface area contributed by atoms with Crippen molar-refractivity contribution < 1.29 is 17.5 Å². The van der Waals surface area contributed by atoms with Gasteiger partial charge in [-0.15, -0.1) is 0 Å². The number of sulfonamides is 1. The maximum Gasteiger partial charge on any atom is 0.238 e. The fourth-order valence-electron chi connectivity index (χ4n) is 1.63. The number of benzene rings is 2. The third-order valence-corrected chi connectivity index (χ3v) is 3.58. The fourth-order valence-corrected chi connectivity index (χ4v) is 2.15. The van der Waals surface area contributed by atoms with Crippen LogP contribution in [0.15, 0.2) is 41.3 Å². The first kappa shape index (κ1) is 14.3. The van der Waals surface area contributed by atoms with E-state index in [-0.39, 0.29) is 22.1 Å². The molecule has 106 valence electrons. The van der Waals surface area contributed by atoms with Crippen molar-refractivity contribution in [1.82, 2.24) is 0 Å². The molecule has 2 aromatic rings. The van der Waals surface area contributed by atoms with Crippen LogP contribution in [0.25, 0.3) is 0 Å². The summed E-state index contributed by atoms with van der Waals surface area (Å²) in [6.45, 7) is 1.66. The Bertz CT molecular complexity index is 760. The molecule has 5 nitrogen and oxygen atoms in total. The molecule has 4 N–H and O–H groups in total. The van der Waals surface area contributed by atoms with Gasteiger partial charge in [-0.3, -0.25) is 0 Å². The summed E-state index contributed by atoms with van der Waals surface area (Å²) in [4.78, 5) is -0.110. The van der Waals surface area contributed by atoms with Crippen LogP contribution < -0.4 is 15.6 Å². The molecule has 0 aliphatic carbocycles. The average Bonchev–Trinajstić information content (AvgIpc) is 2.33. The van der Waals surface area contributed by atoms with E-state index in [1.807, 2.05) is 0 Å². The first-order valence-corrected chi connectivity index (χ1v) is 7.18. The Morgan fingerprint density at radius 1 is 1.10 bits per heavy atom. The minimum Gasteiger partial charge on any atom is -0.455 e. The zero-order chi connectivity index (χ0) is 14.9. The van der Waals surface area contributed by atoms with Crippen LogP contribution in [-0.4, -0.2) is 8.42 Å². The number of primary sulfonamides is 1. The van der Waals surface area contributed by atoms with Gasteiger partial charge in [0.2, 0.25) is 10.0 Å². The highest BCUT2D eigenvalue weighted by atomic mass is 32.2. The Kier molecular flexibility index (Phi) is 3.65. The standard InChI is InChI=1S/C13H13FN2O3S/c1-8-6-9(14)2-5-12(8)19-13-7-10(20(16,17)18)3-4-11(13)15/h2-7H,15H2,1H3,(H2,16,17,18). The van der Waals surface area contributed by atoms with Crippen molar-refractivity contribution >= 4 is 15.7 Å². The summed E-state index contributed by atoms with van der Waals surface area (Å²) in [5.41, 5.74) is 6.54. The number of hydrogen-bond donors (Lipinski definition) is 2. The van der Waals surface area contributed by atoms with Crippen molar-refractivity contribution in [2.75, 3.05) is 5.73 Å². The first-order valence-electron chi connectivity index (χ1n) is 5.64. The number of nitrogen functional groups attached to an aromatic ring is 1. The Hall–Kier alpha value is -2.12. The van der Waals surface area contributed by atoms with Gasteiger partial charge in [-0.05, 0) is 42.8 Å². The second-order valence-corrected chi connectivity index (χ2v) is 5.82. The largest absolute Gasteiger partial charge is 0.455 e. The molecule has 0 aliphatic rings. The number of hydrogen-bond acceptors (Lipinski definition) is 4. The fraction of sp³-hybridized carbons (Fsp3) is 0.0769. The van der Waals surface area contributed by atoms with Gasteiger partial charge in [-0.25, -0.2) is 17.9 Å². The SMILES string of the molecule is Cc1cc(F)ccc1Oc1cc(S(N)(=O)=O)ccc1N. The van der Waals surface area contributed by atoms with Gasteiger partial charge < -0.3 is 10.5 Å². The van der Waals surface area contributed by atoms with E-state index in [2.05, 4.69) is 0 Å². The lowest BCUT2D eigenvalue weighted by Crippen LogP contribution is -2.12. The minimum atomic E-state index is -3.85. The Balaban J connectivity index is 2.43. The molecule has 0 unspecified atom stereocenters. The molecular formula is C13H13FN2O3S. The molecule has 20 heavy (non-hydrogen) atoms. The van der Waals surface area contributed by atoms with Crippen molar-refractivity contribution in [3.8, 4) is 11.5 Å². The van der Waals surface area contributed by atoms with Gasteiger partial charge in [0.15, 0.2) is 5.75 Å². The molecule has 0 saturated heterocycles. The quantitative estimate of drug-likeness (QED) is 0.848. The maximum absolute atomic E-state index is 13.0. The van der Waals surface area contributed by atoms with E-state index in [0.717, 1.165) is 0 Å². The number of anilines is 1. The lowest BCUT2D eigenvalue weighted by molar-refractivity contribution is 0.477. The van der Waals surface area contributed by atoms with Crippen LogP contribution in [0.4, 0.5) is 10.1 Å². The number of aryl methyl sites for hydroxylation is 1. The van der Waals surface area contributed by atoms with Crippen molar-refractivity contribution in [3.05, 3.63) is 47.8 Å². The molecule has 2 aromatic carbocycles. The van der Waals surface area contributed by atoms with E-state index in [0.29, 0.717) is 11.3 Å². The lowest BCUT2D eigenvalue weighted by Gasteiger charge is -2.11. The highest BCUT2D eigenvalue weighted by Gasteiger charge is 2.12. The Morgan fingerprint density at radius 3 is 2.40 bits per heavy atom. The Morgan fingerprint density at radius 2 is 1.80 bits per heavy atom. The van der Waals surface area contributed by atoms with Gasteiger partial charge in [0.25, 0.3) is 0 Å². The summed E-state index contributed by atoms with van der Waals surface area (Å²) >= 11 is 0. The summed E-state index contributed by atoms with van der Waals surface area (Å²) in [6.07, 6.45) is 0. The third kappa shape index (κ3) is 3.06. The second kappa shape index (κ2) is 5.10. The lowest BCUT2D eigenvalue weighted by atomic mass is 10.2. The molecule has 7 heteroatoms. The smallest absolute Gasteiger partial charge is 0.238 e. The number of halogens is 1. The average molecular weight is 296 g/mol. The van der Waals surface area contributed by atoms with E-state index < -0.39 is 10.0 Å². The molecule has 0 bridgehead atoms. The molecule has 0 amide bonds. The molecule has 0 aliphatic heterocycles. The molecule has 2 rings (SSSR count). The number of nitrogens with two attached hydrogens (primary N) is 2. The van der Waals surface area contributed by atoms with Crippen LogP contribution in [0, 0.1) is 12.7 Å². The molecular weight excluding hydrogens is 283 g/mol. The van der Waals surface area contributed by atoms with Crippen LogP contribution in [0.3, 0.4) is 0 Å². The summed E-state index contributed by atoms with van der Waals surface area (Å²) in [5.74, 6) is 0.136. The molecule has 0 fully saturated rings. The van der Waals surface area contributed by atoms with Crippen molar-refractivity contribution in [2.45, 2.75) is 11.8 Å². The summed E-state index contributed by atoms with van der Waals surface area (Å²) in [6, 6.07) is 7.88. The van der Waals surface area contributed by atoms with E-state index in [9.17, 15) is 12.8 Å². The van der Waals surface area contributed by atoms with Crippen molar-refractivity contribution in [1.29, 1.82) is 0 Å². The van der Waals surface area contributed by atoms with Gasteiger partial charge >= 0.3 is 0 Å². The monoisotopic (exact) mass is 296 g/mol. The maximum atomic E-state index is 13.0. The number of rotatable bonds is 3. The van der Waals surface area contributed by atoms with Crippen LogP contribution in [0.5, 0.6) is 11.5 Å². The molecule has 0 aromatic heterocycles. The third-order valence-electron chi connectivity index (χ3n) is 2.67. The van der Waals surface area contributed by atoms with Gasteiger partial charge in [0.05, 0.1) is 10.6 Å². The van der Waals surface area contributed by atoms with E-state index >= 15 is 0 Å². The predicted molar refractivity (Wildman–Crippen MR) is 73.4 cm³/mol. The topological polar surface area (TPSA) is 95.4 Å². The molecule has 0 saturated carbocycles. The predicted octanol–water partition coefficient (Wildman–Crippen LogP) is 2.16. The van der Waals surface area contributed by atoms with E-state index in [4.69, 9.17) is 15.6 Å². The summed E-state index contributed by atoms with van der Waals surface area (Å²) in [5, 5.41) is 5.05. The van der Waals surface area contributed by atoms with Crippen LogP contribution >= 0.6 is 0 Å². The van der Waals surface area contributed by atoms with Gasteiger partial charge in [-0.1, -0.05) is 0 Å². The number of ether oxygens (including phenoxy) is 1. The molecule has 0 atom stereocenters. The van der Waals surface area contributed by atoms with Crippen molar-refractivity contribution in [3.63, 3.8) is 0 Å². The first-order chi connectivity index (χ1) is 9.27. The van der Waals surface area contributed by atoms with Crippen LogP contribution in [-0.2, 0) is 10.0 Å². The molecule has 0 radical (unpaired) electrons. The van der Waals surface area contributed by atoms with Crippen molar-refractivity contribution in [2.24, 2.45) is 5.14 Å². The second-order valence-electron chi connectivity index (χ2n) is 4.26. The van der Waals surface area contributed by atoms with Crippen LogP contribution in [0.1, 0.15) is 5.56 Å². The normalized spacial score (nSPS) is 11.3. The molecule has 0 heterocycles. The summed E-state index contributed by atoms with van der Waals surface area (Å²) < 4.78 is 41.1. The highest BCUT2D eigenvalue weighted by Crippen LogP contribution is 2.31. The van der Waals surface area contributed by atoms with Crippen LogP contribution in [0.2, 0.25) is 0 Å². The van der Waals surface area contributed by atoms with Gasteiger partial charge in [-0.2, -0.15) is 0 Å². The zero-order valence-electron chi connectivity index (χ0n) is 10.6. The summed E-state index contributed by atoms with van der Waals surface area (Å²) in [7, 11) is -3.85. The van der Waals surface area contributed by atoms with E-state index in [1.165, 1.54) is 36.4 Å². The van der Waals surface area contributed by atoms with E-state index in [1.54, 1.807) is 6.92 Å². The minimum absolute atomic E-state index is 0.110. The van der Waals surface area contributed by atoms with Gasteiger partial charge in [0, 0.05) is 6.07 Å². The molecule has 0 spiro atoms. The van der Waals surface area contributed by atoms with Gasteiger partial charge in [0.1, 0.15) is 11.6 Å². The highest BCUT2D eigenvalue weighted by molar-refractivity contribution is 7.89.